The van der Waals surface area contributed by atoms with Crippen molar-refractivity contribution in [3.05, 3.63) is 17.5 Å². The Hall–Kier alpha value is -1.73. The highest BCUT2D eigenvalue weighted by Crippen LogP contribution is 2.55. The van der Waals surface area contributed by atoms with E-state index in [1.54, 1.807) is 6.20 Å². The molecule has 1 aliphatic heterocycles. The molecule has 2 atom stereocenters. The maximum absolute atomic E-state index is 13.2. The fraction of sp³-hybridized carbons (Fsp3) is 0.762. The molecule has 2 heterocycles. The minimum absolute atomic E-state index is 0.0191. The molecule has 7 rings (SSSR count). The van der Waals surface area contributed by atoms with Gasteiger partial charge in [0.15, 0.2) is 0 Å². The van der Waals surface area contributed by atoms with Crippen LogP contribution in [-0.4, -0.2) is 51.9 Å². The molecule has 2 N–H and O–H groups in total. The molecule has 5 aliphatic carbocycles. The molecule has 0 spiro atoms. The van der Waals surface area contributed by atoms with Gasteiger partial charge in [0.25, 0.3) is 5.91 Å². The van der Waals surface area contributed by atoms with E-state index < -0.39 is 5.60 Å². The van der Waals surface area contributed by atoms with Gasteiger partial charge in [0.2, 0.25) is 0 Å². The van der Waals surface area contributed by atoms with Gasteiger partial charge in [-0.3, -0.25) is 4.79 Å². The van der Waals surface area contributed by atoms with E-state index in [-0.39, 0.29) is 18.1 Å². The number of ether oxygens (including phenoxy) is 2. The second-order valence-corrected chi connectivity index (χ2v) is 9.70. The zero-order valence-corrected chi connectivity index (χ0v) is 16.0. The fourth-order valence-electron chi connectivity index (χ4n) is 6.16. The zero-order chi connectivity index (χ0) is 18.9. The van der Waals surface area contributed by atoms with Crippen molar-refractivity contribution < 1.29 is 19.4 Å². The maximum Gasteiger partial charge on any atom is 0.317 e. The first-order valence-corrected chi connectivity index (χ1v) is 10.7. The Labute approximate surface area is 164 Å². The van der Waals surface area contributed by atoms with E-state index in [1.807, 2.05) is 0 Å². The smallest absolute Gasteiger partial charge is 0.317 e. The van der Waals surface area contributed by atoms with Crippen molar-refractivity contribution in [2.24, 2.45) is 17.8 Å². The van der Waals surface area contributed by atoms with Crippen LogP contribution in [0, 0.1) is 17.8 Å². The number of aromatic nitrogens is 2. The standard InChI is InChI=1S/C21H27N3O4/c25-19(23-17-13-3-11-4-14(17)7-21(26,5-11)6-13)16-8-22-20(28-15-9-27-10-15)24-18(16)12-1-2-12/h8,11-15,17,26H,1-7,9-10H2,(H,23,25)/t11?,13?,14?,17-,21+. The molecule has 150 valence electrons. The van der Waals surface area contributed by atoms with Crippen LogP contribution in [0.15, 0.2) is 6.20 Å². The van der Waals surface area contributed by atoms with Crippen LogP contribution in [0.25, 0.3) is 0 Å². The van der Waals surface area contributed by atoms with Crippen LogP contribution < -0.4 is 10.1 Å². The summed E-state index contributed by atoms with van der Waals surface area (Å²) in [5.74, 6) is 1.69. The first kappa shape index (κ1) is 17.2. The molecule has 6 fully saturated rings. The molecule has 6 aliphatic rings. The predicted octanol–water partition coefficient (Wildman–Crippen LogP) is 1.80. The third-order valence-electron chi connectivity index (χ3n) is 7.42. The van der Waals surface area contributed by atoms with E-state index in [0.29, 0.717) is 48.5 Å². The van der Waals surface area contributed by atoms with Gasteiger partial charge >= 0.3 is 6.01 Å². The zero-order valence-electron chi connectivity index (χ0n) is 16.0. The molecule has 1 aromatic heterocycles. The van der Waals surface area contributed by atoms with Gasteiger partial charge in [-0.1, -0.05) is 0 Å². The number of nitrogens with zero attached hydrogens (tertiary/aromatic N) is 2. The normalized spacial score (nSPS) is 38.9. The lowest BCUT2D eigenvalue weighted by Crippen LogP contribution is -2.61. The van der Waals surface area contributed by atoms with E-state index >= 15 is 0 Å². The van der Waals surface area contributed by atoms with Gasteiger partial charge in [0, 0.05) is 18.2 Å². The van der Waals surface area contributed by atoms with Gasteiger partial charge in [-0.25, -0.2) is 4.98 Å². The SMILES string of the molecule is O=C(N[C@H]1C2CC3CC1C[C@@](O)(C3)C2)c1cnc(OC2COC2)nc1C1CC1. The first-order chi connectivity index (χ1) is 13.6. The summed E-state index contributed by atoms with van der Waals surface area (Å²) in [6.07, 6.45) is 8.64. The van der Waals surface area contributed by atoms with Crippen molar-refractivity contribution >= 4 is 5.91 Å². The third kappa shape index (κ3) is 2.90. The molecule has 5 saturated carbocycles. The quantitative estimate of drug-likeness (QED) is 0.803. The summed E-state index contributed by atoms with van der Waals surface area (Å²) in [6.45, 7) is 1.14. The van der Waals surface area contributed by atoms with Gasteiger partial charge in [-0.05, 0) is 62.7 Å². The van der Waals surface area contributed by atoms with Crippen LogP contribution in [0.5, 0.6) is 6.01 Å². The Bertz CT molecular complexity index is 791. The molecule has 7 heteroatoms. The number of carbonyl (C=O) groups is 1. The minimum atomic E-state index is -0.482. The van der Waals surface area contributed by atoms with Gasteiger partial charge in [0.1, 0.15) is 6.10 Å². The number of rotatable bonds is 5. The molecule has 0 aromatic carbocycles. The van der Waals surface area contributed by atoms with Crippen molar-refractivity contribution in [3.8, 4) is 6.01 Å². The highest BCUT2D eigenvalue weighted by Gasteiger charge is 2.55. The van der Waals surface area contributed by atoms with Gasteiger partial charge in [-0.2, -0.15) is 4.98 Å². The summed E-state index contributed by atoms with van der Waals surface area (Å²) in [5, 5.41) is 14.1. The minimum Gasteiger partial charge on any atom is -0.455 e. The van der Waals surface area contributed by atoms with E-state index in [4.69, 9.17) is 9.47 Å². The summed E-state index contributed by atoms with van der Waals surface area (Å²) in [7, 11) is 0. The summed E-state index contributed by atoms with van der Waals surface area (Å²) < 4.78 is 10.9. The van der Waals surface area contributed by atoms with Crippen molar-refractivity contribution in [1.29, 1.82) is 0 Å². The van der Waals surface area contributed by atoms with E-state index in [2.05, 4.69) is 15.3 Å². The molecule has 0 radical (unpaired) electrons. The van der Waals surface area contributed by atoms with Crippen LogP contribution >= 0.6 is 0 Å². The average molecular weight is 385 g/mol. The molecule has 2 unspecified atom stereocenters. The van der Waals surface area contributed by atoms with Crippen LogP contribution in [0.3, 0.4) is 0 Å². The van der Waals surface area contributed by atoms with Gasteiger partial charge in [-0.15, -0.1) is 0 Å². The topological polar surface area (TPSA) is 93.6 Å². The van der Waals surface area contributed by atoms with Crippen LogP contribution in [0.2, 0.25) is 0 Å². The lowest BCUT2D eigenvalue weighted by atomic mass is 9.52. The third-order valence-corrected chi connectivity index (χ3v) is 7.42. The summed E-state index contributed by atoms with van der Waals surface area (Å²) in [6, 6.07) is 0.517. The summed E-state index contributed by atoms with van der Waals surface area (Å²) in [4.78, 5) is 22.0. The second kappa shape index (κ2) is 6.13. The highest BCUT2D eigenvalue weighted by atomic mass is 16.6. The number of amides is 1. The number of carbonyl (C=O) groups excluding carboxylic acids is 1. The van der Waals surface area contributed by atoms with E-state index in [1.165, 1.54) is 0 Å². The molecular weight excluding hydrogens is 358 g/mol. The molecule has 4 bridgehead atoms. The highest BCUT2D eigenvalue weighted by molar-refractivity contribution is 5.95. The number of hydrogen-bond acceptors (Lipinski definition) is 6. The number of hydrogen-bond donors (Lipinski definition) is 2. The Morgan fingerprint density at radius 3 is 2.57 bits per heavy atom. The lowest BCUT2D eigenvalue weighted by molar-refractivity contribution is -0.136. The van der Waals surface area contributed by atoms with Crippen molar-refractivity contribution in [2.45, 2.75) is 68.6 Å². The predicted molar refractivity (Wildman–Crippen MR) is 99.0 cm³/mol. The van der Waals surface area contributed by atoms with Crippen molar-refractivity contribution in [2.75, 3.05) is 13.2 Å². The van der Waals surface area contributed by atoms with Crippen LogP contribution in [0.4, 0.5) is 0 Å². The van der Waals surface area contributed by atoms with Gasteiger partial charge in [0.05, 0.1) is 30.1 Å². The maximum atomic E-state index is 13.2. The Morgan fingerprint density at radius 2 is 1.96 bits per heavy atom. The summed E-state index contributed by atoms with van der Waals surface area (Å²) >= 11 is 0. The Morgan fingerprint density at radius 1 is 1.21 bits per heavy atom. The van der Waals surface area contributed by atoms with Crippen molar-refractivity contribution in [3.63, 3.8) is 0 Å². The lowest BCUT2D eigenvalue weighted by Gasteiger charge is -2.58. The summed E-state index contributed by atoms with van der Waals surface area (Å²) in [5.41, 5.74) is 0.932. The van der Waals surface area contributed by atoms with Gasteiger partial charge < -0.3 is 19.9 Å². The molecule has 1 amide bonds. The largest absolute Gasteiger partial charge is 0.455 e. The van der Waals surface area contributed by atoms with Crippen LogP contribution in [0.1, 0.15) is 66.9 Å². The molecule has 7 nitrogen and oxygen atoms in total. The van der Waals surface area contributed by atoms with Crippen LogP contribution in [-0.2, 0) is 4.74 Å². The molecule has 1 saturated heterocycles. The molecule has 1 aromatic rings. The number of nitrogens with one attached hydrogen (secondary N) is 1. The monoisotopic (exact) mass is 385 g/mol. The molecule has 28 heavy (non-hydrogen) atoms. The second-order valence-electron chi connectivity index (χ2n) is 9.70. The molecular formula is C21H27N3O4. The van der Waals surface area contributed by atoms with E-state index in [9.17, 15) is 9.90 Å². The van der Waals surface area contributed by atoms with E-state index in [0.717, 1.165) is 50.6 Å². The Balaban J connectivity index is 1.21. The Kier molecular flexibility index (Phi) is 3.76. The first-order valence-electron chi connectivity index (χ1n) is 10.7. The van der Waals surface area contributed by atoms with Crippen molar-refractivity contribution in [1.82, 2.24) is 15.3 Å². The fourth-order valence-corrected chi connectivity index (χ4v) is 6.16. The average Bonchev–Trinajstić information content (AvgIpc) is 3.44. The number of aliphatic hydroxyl groups is 1.